The van der Waals surface area contributed by atoms with Gasteiger partial charge in [0.25, 0.3) is 0 Å². The molecule has 0 saturated carbocycles. The van der Waals surface area contributed by atoms with Crippen molar-refractivity contribution in [3.05, 3.63) is 42.2 Å². The SMILES string of the molecule is CCCCCCCCCCCCCCCOc1cnc(-c2ccc(CCCCC)cc2)nc1. The van der Waals surface area contributed by atoms with E-state index in [4.69, 9.17) is 4.74 Å². The van der Waals surface area contributed by atoms with E-state index in [1.807, 2.05) is 0 Å². The molecule has 33 heavy (non-hydrogen) atoms. The predicted octanol–water partition coefficient (Wildman–Crippen LogP) is 9.35. The number of aryl methyl sites for hydroxylation is 1. The molecule has 1 aromatic carbocycles. The number of hydrogen-bond acceptors (Lipinski definition) is 3. The van der Waals surface area contributed by atoms with Crippen molar-refractivity contribution in [3.63, 3.8) is 0 Å². The largest absolute Gasteiger partial charge is 0.490 e. The second kappa shape index (κ2) is 18.5. The summed E-state index contributed by atoms with van der Waals surface area (Å²) in [6.45, 7) is 5.29. The van der Waals surface area contributed by atoms with Gasteiger partial charge < -0.3 is 4.74 Å². The van der Waals surface area contributed by atoms with Crippen molar-refractivity contribution < 1.29 is 4.74 Å². The summed E-state index contributed by atoms with van der Waals surface area (Å²) < 4.78 is 5.85. The van der Waals surface area contributed by atoms with Crippen LogP contribution in [0.15, 0.2) is 36.7 Å². The van der Waals surface area contributed by atoms with Crippen molar-refractivity contribution >= 4 is 0 Å². The number of unbranched alkanes of at least 4 members (excludes halogenated alkanes) is 14. The normalized spacial score (nSPS) is 11.1. The maximum atomic E-state index is 5.85. The molecular formula is C30H48N2O. The summed E-state index contributed by atoms with van der Waals surface area (Å²) >= 11 is 0. The van der Waals surface area contributed by atoms with Crippen LogP contribution in [0.3, 0.4) is 0 Å². The van der Waals surface area contributed by atoms with Crippen molar-refractivity contribution in [3.8, 4) is 17.1 Å². The summed E-state index contributed by atoms with van der Waals surface area (Å²) in [7, 11) is 0. The Labute approximate surface area is 203 Å². The number of benzene rings is 1. The highest BCUT2D eigenvalue weighted by Gasteiger charge is 2.03. The van der Waals surface area contributed by atoms with E-state index in [0.717, 1.165) is 36.6 Å². The second-order valence-corrected chi connectivity index (χ2v) is 9.49. The highest BCUT2D eigenvalue weighted by Crippen LogP contribution is 2.19. The average Bonchev–Trinajstić information content (AvgIpc) is 2.85. The molecule has 0 aliphatic heterocycles. The van der Waals surface area contributed by atoms with E-state index in [1.165, 1.54) is 102 Å². The summed E-state index contributed by atoms with van der Waals surface area (Å²) in [4.78, 5) is 9.00. The van der Waals surface area contributed by atoms with E-state index < -0.39 is 0 Å². The fraction of sp³-hybridized carbons (Fsp3) is 0.667. The van der Waals surface area contributed by atoms with Crippen molar-refractivity contribution in [2.45, 2.75) is 123 Å². The summed E-state index contributed by atoms with van der Waals surface area (Å²) in [5, 5.41) is 0. The molecule has 1 aromatic heterocycles. The van der Waals surface area contributed by atoms with E-state index in [0.29, 0.717) is 0 Å². The summed E-state index contributed by atoms with van der Waals surface area (Å²) in [6, 6.07) is 8.66. The molecule has 0 radical (unpaired) electrons. The van der Waals surface area contributed by atoms with Crippen LogP contribution in [0.2, 0.25) is 0 Å². The fourth-order valence-corrected chi connectivity index (χ4v) is 4.25. The van der Waals surface area contributed by atoms with Gasteiger partial charge in [-0.05, 0) is 24.8 Å². The molecule has 0 aliphatic carbocycles. The Morgan fingerprint density at radius 2 is 1.06 bits per heavy atom. The summed E-state index contributed by atoms with van der Waals surface area (Å²) in [6.07, 6.45) is 26.4. The quantitative estimate of drug-likeness (QED) is 0.188. The zero-order chi connectivity index (χ0) is 23.4. The molecule has 0 atom stereocenters. The zero-order valence-electron chi connectivity index (χ0n) is 21.5. The van der Waals surface area contributed by atoms with Gasteiger partial charge in [0.05, 0.1) is 19.0 Å². The van der Waals surface area contributed by atoms with Crippen LogP contribution < -0.4 is 4.74 Å². The Morgan fingerprint density at radius 3 is 1.61 bits per heavy atom. The van der Waals surface area contributed by atoms with Gasteiger partial charge in [-0.25, -0.2) is 9.97 Å². The van der Waals surface area contributed by atoms with Gasteiger partial charge in [0, 0.05) is 5.56 Å². The van der Waals surface area contributed by atoms with Crippen LogP contribution in [-0.4, -0.2) is 16.6 Å². The molecule has 2 rings (SSSR count). The number of rotatable bonds is 20. The Balaban J connectivity index is 1.49. The van der Waals surface area contributed by atoms with Gasteiger partial charge in [0.15, 0.2) is 11.6 Å². The van der Waals surface area contributed by atoms with E-state index in [-0.39, 0.29) is 0 Å². The molecule has 0 amide bonds. The van der Waals surface area contributed by atoms with E-state index in [2.05, 4.69) is 48.1 Å². The van der Waals surface area contributed by atoms with Crippen molar-refractivity contribution in [2.75, 3.05) is 6.61 Å². The molecular weight excluding hydrogens is 404 g/mol. The molecule has 0 unspecified atom stereocenters. The van der Waals surface area contributed by atoms with E-state index in [9.17, 15) is 0 Å². The maximum Gasteiger partial charge on any atom is 0.159 e. The third kappa shape index (κ3) is 12.8. The van der Waals surface area contributed by atoms with Gasteiger partial charge in [-0.2, -0.15) is 0 Å². The van der Waals surface area contributed by atoms with Crippen LogP contribution >= 0.6 is 0 Å². The first-order valence-corrected chi connectivity index (χ1v) is 13.9. The third-order valence-electron chi connectivity index (χ3n) is 6.43. The second-order valence-electron chi connectivity index (χ2n) is 9.49. The lowest BCUT2D eigenvalue weighted by Gasteiger charge is -2.07. The molecule has 0 spiro atoms. The Bertz CT molecular complexity index is 696. The molecule has 0 fully saturated rings. The lowest BCUT2D eigenvalue weighted by molar-refractivity contribution is 0.302. The van der Waals surface area contributed by atoms with Gasteiger partial charge in [-0.3, -0.25) is 0 Å². The van der Waals surface area contributed by atoms with Crippen molar-refractivity contribution in [1.82, 2.24) is 9.97 Å². The van der Waals surface area contributed by atoms with E-state index in [1.54, 1.807) is 12.4 Å². The van der Waals surface area contributed by atoms with Crippen LogP contribution in [0.1, 0.15) is 122 Å². The molecule has 0 saturated heterocycles. The lowest BCUT2D eigenvalue weighted by Crippen LogP contribution is -1.99. The minimum absolute atomic E-state index is 0.757. The minimum Gasteiger partial charge on any atom is -0.490 e. The molecule has 0 N–H and O–H groups in total. The monoisotopic (exact) mass is 452 g/mol. The van der Waals surface area contributed by atoms with Crippen molar-refractivity contribution in [2.24, 2.45) is 0 Å². The van der Waals surface area contributed by atoms with E-state index >= 15 is 0 Å². The number of ether oxygens (including phenoxy) is 1. The maximum absolute atomic E-state index is 5.85. The summed E-state index contributed by atoms with van der Waals surface area (Å²) in [5.41, 5.74) is 2.46. The molecule has 1 heterocycles. The van der Waals surface area contributed by atoms with Gasteiger partial charge in [-0.1, -0.05) is 128 Å². The lowest BCUT2D eigenvalue weighted by atomic mass is 10.0. The smallest absolute Gasteiger partial charge is 0.159 e. The highest BCUT2D eigenvalue weighted by molar-refractivity contribution is 5.55. The molecule has 0 aliphatic rings. The molecule has 3 heteroatoms. The van der Waals surface area contributed by atoms with Gasteiger partial charge in [0.1, 0.15) is 0 Å². The number of aromatic nitrogens is 2. The van der Waals surface area contributed by atoms with Crippen LogP contribution in [0.4, 0.5) is 0 Å². The first kappa shape index (κ1) is 27.3. The fourth-order valence-electron chi connectivity index (χ4n) is 4.25. The summed E-state index contributed by atoms with van der Waals surface area (Å²) in [5.74, 6) is 1.54. The number of nitrogens with zero attached hydrogens (tertiary/aromatic N) is 2. The first-order valence-electron chi connectivity index (χ1n) is 13.9. The standard InChI is InChI=1S/C30H48N2O/c1-3-5-7-8-9-10-11-12-13-14-15-16-18-24-33-29-25-31-30(32-26-29)28-22-20-27(21-23-28)19-17-6-4-2/h20-23,25-26H,3-19,24H2,1-2H3. The highest BCUT2D eigenvalue weighted by atomic mass is 16.5. The number of hydrogen-bond donors (Lipinski definition) is 0. The Kier molecular flexibility index (Phi) is 15.3. The van der Waals surface area contributed by atoms with Crippen LogP contribution in [0.5, 0.6) is 5.75 Å². The third-order valence-corrected chi connectivity index (χ3v) is 6.43. The van der Waals surface area contributed by atoms with Crippen LogP contribution in [-0.2, 0) is 6.42 Å². The van der Waals surface area contributed by atoms with Gasteiger partial charge in [-0.15, -0.1) is 0 Å². The minimum atomic E-state index is 0.757. The van der Waals surface area contributed by atoms with Crippen molar-refractivity contribution in [1.29, 1.82) is 0 Å². The first-order chi connectivity index (χ1) is 16.3. The topological polar surface area (TPSA) is 35.0 Å². The molecule has 3 nitrogen and oxygen atoms in total. The van der Waals surface area contributed by atoms with Crippen LogP contribution in [0.25, 0.3) is 11.4 Å². The average molecular weight is 453 g/mol. The van der Waals surface area contributed by atoms with Gasteiger partial charge >= 0.3 is 0 Å². The predicted molar refractivity (Wildman–Crippen MR) is 142 cm³/mol. The Hall–Kier alpha value is -1.90. The molecule has 184 valence electrons. The molecule has 0 bridgehead atoms. The van der Waals surface area contributed by atoms with Crippen LogP contribution in [0, 0.1) is 0 Å². The Morgan fingerprint density at radius 1 is 0.576 bits per heavy atom. The zero-order valence-corrected chi connectivity index (χ0v) is 21.5. The van der Waals surface area contributed by atoms with Gasteiger partial charge in [0.2, 0.25) is 0 Å². The molecule has 2 aromatic rings.